The molecule has 102 valence electrons. The van der Waals surface area contributed by atoms with Gasteiger partial charge in [0, 0.05) is 19.6 Å². The van der Waals surface area contributed by atoms with E-state index in [1.165, 1.54) is 4.90 Å². The van der Waals surface area contributed by atoms with Crippen LogP contribution in [0.2, 0.25) is 0 Å². The molecule has 6 nitrogen and oxygen atoms in total. The van der Waals surface area contributed by atoms with Crippen LogP contribution in [0.25, 0.3) is 0 Å². The van der Waals surface area contributed by atoms with E-state index in [2.05, 4.69) is 5.32 Å². The van der Waals surface area contributed by atoms with Crippen molar-refractivity contribution in [2.24, 2.45) is 0 Å². The van der Waals surface area contributed by atoms with E-state index in [-0.39, 0.29) is 26.2 Å². The topological polar surface area (TPSA) is 89.9 Å². The summed E-state index contributed by atoms with van der Waals surface area (Å²) in [5, 5.41) is 20.6. The first-order valence-electron chi connectivity index (χ1n) is 6.07. The molecule has 1 heterocycles. The van der Waals surface area contributed by atoms with Crippen molar-refractivity contribution >= 4 is 11.9 Å². The van der Waals surface area contributed by atoms with E-state index in [0.29, 0.717) is 5.56 Å². The lowest BCUT2D eigenvalue weighted by atomic mass is 9.85. The van der Waals surface area contributed by atoms with Crippen LogP contribution in [0.1, 0.15) is 12.0 Å². The quantitative estimate of drug-likeness (QED) is 0.643. The highest BCUT2D eigenvalue weighted by Gasteiger charge is 2.53. The minimum atomic E-state index is -1.24. The number of hydrogen-bond donors (Lipinski definition) is 3. The molecule has 2 rings (SSSR count). The molecule has 1 aromatic carbocycles. The zero-order valence-corrected chi connectivity index (χ0v) is 10.4. The van der Waals surface area contributed by atoms with Crippen molar-refractivity contribution in [3.05, 3.63) is 35.9 Å². The highest BCUT2D eigenvalue weighted by atomic mass is 16.3. The molecule has 1 saturated heterocycles. The number of carbonyl (C=O) groups excluding carboxylic acids is 2. The summed E-state index contributed by atoms with van der Waals surface area (Å²) in [5.74, 6) is -0.466. The molecule has 1 aliphatic rings. The summed E-state index contributed by atoms with van der Waals surface area (Å²) in [4.78, 5) is 25.3. The number of carbonyl (C=O) groups is 2. The number of benzene rings is 1. The van der Waals surface area contributed by atoms with Gasteiger partial charge in [-0.1, -0.05) is 30.3 Å². The molecule has 3 amide bonds. The zero-order valence-electron chi connectivity index (χ0n) is 10.4. The molecule has 19 heavy (non-hydrogen) atoms. The van der Waals surface area contributed by atoms with Crippen LogP contribution in [0.15, 0.2) is 30.3 Å². The number of aliphatic hydroxyl groups is 2. The predicted octanol–water partition coefficient (Wildman–Crippen LogP) is -0.192. The van der Waals surface area contributed by atoms with Crippen LogP contribution in [0.4, 0.5) is 4.79 Å². The summed E-state index contributed by atoms with van der Waals surface area (Å²) < 4.78 is 0. The summed E-state index contributed by atoms with van der Waals surface area (Å²) in [6, 6.07) is 8.26. The Bertz CT molecular complexity index is 477. The van der Waals surface area contributed by atoms with Gasteiger partial charge in [0.15, 0.2) is 5.54 Å². The molecule has 3 N–H and O–H groups in total. The monoisotopic (exact) mass is 264 g/mol. The van der Waals surface area contributed by atoms with Crippen molar-refractivity contribution < 1.29 is 19.8 Å². The minimum absolute atomic E-state index is 0.0342. The number of rotatable bonds is 5. The summed E-state index contributed by atoms with van der Waals surface area (Å²) in [6.45, 7) is -0.454. The summed E-state index contributed by atoms with van der Waals surface area (Å²) >= 11 is 0. The Hall–Kier alpha value is -1.92. The normalized spacial score (nSPS) is 22.7. The Kier molecular flexibility index (Phi) is 3.82. The van der Waals surface area contributed by atoms with Crippen LogP contribution in [0.3, 0.4) is 0 Å². The van der Waals surface area contributed by atoms with E-state index in [9.17, 15) is 14.7 Å². The van der Waals surface area contributed by atoms with E-state index in [0.717, 1.165) is 0 Å². The molecule has 0 spiro atoms. The van der Waals surface area contributed by atoms with Crippen LogP contribution < -0.4 is 5.32 Å². The van der Waals surface area contributed by atoms with Gasteiger partial charge < -0.3 is 15.1 Å². The van der Waals surface area contributed by atoms with Crippen molar-refractivity contribution in [1.82, 2.24) is 10.2 Å². The Morgan fingerprint density at radius 3 is 2.37 bits per heavy atom. The maximum absolute atomic E-state index is 12.2. The minimum Gasteiger partial charge on any atom is -0.396 e. The Morgan fingerprint density at radius 2 is 1.79 bits per heavy atom. The predicted molar refractivity (Wildman–Crippen MR) is 67.2 cm³/mol. The fourth-order valence-electron chi connectivity index (χ4n) is 2.51. The number of nitrogens with zero attached hydrogens (tertiary/aromatic N) is 1. The average molecular weight is 264 g/mol. The third-order valence-electron chi connectivity index (χ3n) is 3.35. The highest BCUT2D eigenvalue weighted by molar-refractivity contribution is 6.07. The lowest BCUT2D eigenvalue weighted by Gasteiger charge is -2.35. The smallest absolute Gasteiger partial charge is 0.325 e. The second kappa shape index (κ2) is 5.38. The molecular weight excluding hydrogens is 248 g/mol. The summed E-state index contributed by atoms with van der Waals surface area (Å²) in [6.07, 6.45) is 0.0919. The van der Waals surface area contributed by atoms with Gasteiger partial charge in [0.2, 0.25) is 0 Å². The molecule has 6 heteroatoms. The second-order valence-corrected chi connectivity index (χ2v) is 4.33. The number of β-amino-alcohol motifs (C(OH)–C–C–N with tert-alkyl or cyclic N) is 1. The molecule has 0 radical (unpaired) electrons. The van der Waals surface area contributed by atoms with E-state index >= 15 is 0 Å². The average Bonchev–Trinajstić information content (AvgIpc) is 2.65. The van der Waals surface area contributed by atoms with Crippen molar-refractivity contribution in [2.75, 3.05) is 19.8 Å². The van der Waals surface area contributed by atoms with E-state index < -0.39 is 17.5 Å². The lowest BCUT2D eigenvalue weighted by molar-refractivity contribution is -0.128. The van der Waals surface area contributed by atoms with Crippen molar-refractivity contribution in [3.63, 3.8) is 0 Å². The first kappa shape index (κ1) is 13.5. The number of aliphatic hydroxyl groups excluding tert-OH is 2. The first-order chi connectivity index (χ1) is 9.16. The maximum Gasteiger partial charge on any atom is 0.325 e. The van der Waals surface area contributed by atoms with Gasteiger partial charge in [0.05, 0.1) is 6.61 Å². The largest absolute Gasteiger partial charge is 0.396 e. The van der Waals surface area contributed by atoms with Gasteiger partial charge in [0.1, 0.15) is 0 Å². The van der Waals surface area contributed by atoms with E-state index in [4.69, 9.17) is 5.11 Å². The van der Waals surface area contributed by atoms with Crippen LogP contribution in [0.5, 0.6) is 0 Å². The van der Waals surface area contributed by atoms with Gasteiger partial charge >= 0.3 is 6.03 Å². The van der Waals surface area contributed by atoms with Gasteiger partial charge in [-0.25, -0.2) is 4.79 Å². The van der Waals surface area contributed by atoms with Gasteiger partial charge in [-0.2, -0.15) is 0 Å². The maximum atomic E-state index is 12.2. The Balaban J connectivity index is 2.52. The molecule has 0 bridgehead atoms. The zero-order chi connectivity index (χ0) is 13.9. The van der Waals surface area contributed by atoms with E-state index in [1.807, 2.05) is 0 Å². The molecule has 1 fully saturated rings. The van der Waals surface area contributed by atoms with Crippen molar-refractivity contribution in [1.29, 1.82) is 0 Å². The molecule has 1 aromatic rings. The summed E-state index contributed by atoms with van der Waals surface area (Å²) in [7, 11) is 0. The third-order valence-corrected chi connectivity index (χ3v) is 3.35. The number of imide groups is 1. The third kappa shape index (κ3) is 2.09. The molecule has 0 aromatic heterocycles. The first-order valence-corrected chi connectivity index (χ1v) is 6.07. The fourth-order valence-corrected chi connectivity index (χ4v) is 2.51. The summed E-state index contributed by atoms with van der Waals surface area (Å²) in [5.41, 5.74) is -0.614. The molecular formula is C13H16N2O4. The second-order valence-electron chi connectivity index (χ2n) is 4.33. The molecule has 1 atom stereocenters. The molecule has 0 saturated carbocycles. The van der Waals surface area contributed by atoms with Crippen LogP contribution in [-0.4, -0.2) is 46.8 Å². The number of urea groups is 1. The highest BCUT2D eigenvalue weighted by Crippen LogP contribution is 2.36. The van der Waals surface area contributed by atoms with Crippen molar-refractivity contribution in [2.45, 2.75) is 12.0 Å². The number of amides is 3. The van der Waals surface area contributed by atoms with E-state index in [1.54, 1.807) is 30.3 Å². The van der Waals surface area contributed by atoms with Gasteiger partial charge in [-0.05, 0) is 5.56 Å². The molecule has 1 aliphatic heterocycles. The molecule has 1 unspecified atom stereocenters. The van der Waals surface area contributed by atoms with Crippen molar-refractivity contribution in [3.8, 4) is 0 Å². The van der Waals surface area contributed by atoms with Crippen LogP contribution in [-0.2, 0) is 10.3 Å². The number of nitrogens with one attached hydrogen (secondary N) is 1. The van der Waals surface area contributed by atoms with Crippen LogP contribution in [0, 0.1) is 0 Å². The van der Waals surface area contributed by atoms with Gasteiger partial charge in [-0.3, -0.25) is 10.1 Å². The van der Waals surface area contributed by atoms with Gasteiger partial charge in [0.25, 0.3) is 5.91 Å². The fraction of sp³-hybridized carbons (Fsp3) is 0.385. The van der Waals surface area contributed by atoms with Gasteiger partial charge in [-0.15, -0.1) is 0 Å². The van der Waals surface area contributed by atoms with Crippen LogP contribution >= 0.6 is 0 Å². The molecule has 0 aliphatic carbocycles. The Labute approximate surface area is 110 Å². The standard InChI is InChI=1S/C13H16N2O4/c16-8-6-13(10-4-2-1-3-5-10)11(18)14-12(19)15(13)7-9-17/h1-5,16-17H,6-9H2,(H,14,18,19). The SMILES string of the molecule is O=C1NC(=O)C(CCO)(c2ccccc2)N1CCO. The number of hydrogen-bond acceptors (Lipinski definition) is 4. The lowest BCUT2D eigenvalue weighted by Crippen LogP contribution is -2.48. The Morgan fingerprint density at radius 1 is 1.11 bits per heavy atom.